The summed E-state index contributed by atoms with van der Waals surface area (Å²) in [4.78, 5) is 6.69. The van der Waals surface area contributed by atoms with Crippen molar-refractivity contribution in [3.63, 3.8) is 0 Å². The Morgan fingerprint density at radius 3 is 2.95 bits per heavy atom. The molecule has 0 aliphatic carbocycles. The fraction of sp³-hybridized carbons (Fsp3) is 0.706. The van der Waals surface area contributed by atoms with Gasteiger partial charge in [0.05, 0.1) is 5.02 Å². The topological polar surface area (TPSA) is 28.2 Å². The summed E-state index contributed by atoms with van der Waals surface area (Å²) in [5.74, 6) is 0.733. The first kappa shape index (κ1) is 16.7. The second kappa shape index (κ2) is 8.11. The maximum atomic E-state index is 6.28. The van der Waals surface area contributed by atoms with Crippen LogP contribution in [0.25, 0.3) is 0 Å². The van der Waals surface area contributed by atoms with Crippen LogP contribution in [0.1, 0.15) is 45.6 Å². The number of halogens is 1. The van der Waals surface area contributed by atoms with Gasteiger partial charge in [-0.25, -0.2) is 0 Å². The molecule has 1 aliphatic rings. The normalized spacial score (nSPS) is 23.7. The average Bonchev–Trinajstić information content (AvgIpc) is 2.44. The molecule has 1 fully saturated rings. The zero-order chi connectivity index (χ0) is 15.2. The van der Waals surface area contributed by atoms with Crippen LogP contribution in [0.5, 0.6) is 0 Å². The molecule has 21 heavy (non-hydrogen) atoms. The summed E-state index contributed by atoms with van der Waals surface area (Å²) in [6.45, 7) is 9.99. The molecule has 0 saturated carbocycles. The van der Waals surface area contributed by atoms with Crippen LogP contribution in [0.4, 0.5) is 0 Å². The van der Waals surface area contributed by atoms with Crippen LogP contribution < -0.4 is 5.32 Å². The van der Waals surface area contributed by atoms with Crippen LogP contribution >= 0.6 is 11.6 Å². The van der Waals surface area contributed by atoms with Crippen LogP contribution in [-0.4, -0.2) is 35.1 Å². The Bertz CT molecular complexity index is 436. The number of nitrogens with one attached hydrogen (secondary N) is 1. The molecule has 3 nitrogen and oxygen atoms in total. The lowest BCUT2D eigenvalue weighted by atomic mass is 9.97. The van der Waals surface area contributed by atoms with E-state index in [2.05, 4.69) is 36.0 Å². The maximum absolute atomic E-state index is 6.28. The third-order valence-electron chi connectivity index (χ3n) is 4.22. The van der Waals surface area contributed by atoms with E-state index >= 15 is 0 Å². The van der Waals surface area contributed by atoms with Gasteiger partial charge in [-0.1, -0.05) is 38.8 Å². The molecular formula is C17H28ClN3. The van der Waals surface area contributed by atoms with Gasteiger partial charge >= 0.3 is 0 Å². The predicted octanol–water partition coefficient (Wildman–Crippen LogP) is 3.72. The monoisotopic (exact) mass is 309 g/mol. The van der Waals surface area contributed by atoms with Crippen molar-refractivity contribution in [2.75, 3.05) is 13.1 Å². The molecule has 4 heteroatoms. The van der Waals surface area contributed by atoms with Crippen molar-refractivity contribution >= 4 is 11.6 Å². The zero-order valence-corrected chi connectivity index (χ0v) is 14.2. The highest BCUT2D eigenvalue weighted by molar-refractivity contribution is 6.31. The van der Waals surface area contributed by atoms with Crippen LogP contribution in [0.2, 0.25) is 5.02 Å². The first-order valence-corrected chi connectivity index (χ1v) is 8.53. The fourth-order valence-electron chi connectivity index (χ4n) is 3.22. The summed E-state index contributed by atoms with van der Waals surface area (Å²) in [6.07, 6.45) is 7.29. The molecule has 0 spiro atoms. The van der Waals surface area contributed by atoms with E-state index in [-0.39, 0.29) is 0 Å². The number of nitrogens with zero attached hydrogens (tertiary/aromatic N) is 2. The average molecular weight is 310 g/mol. The largest absolute Gasteiger partial charge is 0.311 e. The van der Waals surface area contributed by atoms with Gasteiger partial charge in [0.1, 0.15) is 0 Å². The third-order valence-corrected chi connectivity index (χ3v) is 4.56. The van der Waals surface area contributed by atoms with E-state index in [0.717, 1.165) is 30.6 Å². The van der Waals surface area contributed by atoms with Crippen molar-refractivity contribution in [1.82, 2.24) is 15.2 Å². The number of piperazine rings is 1. The van der Waals surface area contributed by atoms with E-state index in [0.29, 0.717) is 12.1 Å². The summed E-state index contributed by atoms with van der Waals surface area (Å²) in [5, 5.41) is 4.51. The van der Waals surface area contributed by atoms with Gasteiger partial charge in [0.25, 0.3) is 0 Å². The van der Waals surface area contributed by atoms with Gasteiger partial charge in [-0.2, -0.15) is 0 Å². The summed E-state index contributed by atoms with van der Waals surface area (Å²) < 4.78 is 0. The van der Waals surface area contributed by atoms with Gasteiger partial charge in [0.2, 0.25) is 0 Å². The lowest BCUT2D eigenvalue weighted by Gasteiger charge is -2.41. The van der Waals surface area contributed by atoms with E-state index in [4.69, 9.17) is 11.6 Å². The van der Waals surface area contributed by atoms with Crippen molar-refractivity contribution in [2.24, 2.45) is 5.92 Å². The van der Waals surface area contributed by atoms with Crippen molar-refractivity contribution in [3.05, 3.63) is 29.0 Å². The molecule has 1 aromatic rings. The molecule has 1 aliphatic heterocycles. The van der Waals surface area contributed by atoms with Gasteiger partial charge < -0.3 is 5.32 Å². The minimum atomic E-state index is 0.596. The highest BCUT2D eigenvalue weighted by atomic mass is 35.5. The number of rotatable bonds is 6. The molecule has 1 N–H and O–H groups in total. The molecule has 1 aromatic heterocycles. The standard InChI is InChI=1S/C17H28ClN3/c1-4-5-16-9-20-15(8-13(2)3)12-21(16)11-14-6-7-19-10-17(14)18/h6-7,10,13,15-16,20H,4-5,8-9,11-12H2,1-3H3. The van der Waals surface area contributed by atoms with Crippen molar-refractivity contribution in [1.29, 1.82) is 0 Å². The number of hydrogen-bond acceptors (Lipinski definition) is 3. The van der Waals surface area contributed by atoms with E-state index < -0.39 is 0 Å². The smallest absolute Gasteiger partial charge is 0.0634 e. The summed E-state index contributed by atoms with van der Waals surface area (Å²) in [6, 6.07) is 3.26. The summed E-state index contributed by atoms with van der Waals surface area (Å²) >= 11 is 6.28. The minimum absolute atomic E-state index is 0.596. The van der Waals surface area contributed by atoms with E-state index in [1.165, 1.54) is 24.8 Å². The summed E-state index contributed by atoms with van der Waals surface area (Å²) in [7, 11) is 0. The quantitative estimate of drug-likeness (QED) is 0.868. The molecule has 0 aromatic carbocycles. The van der Waals surface area contributed by atoms with Crippen LogP contribution in [0.3, 0.4) is 0 Å². The highest BCUT2D eigenvalue weighted by Gasteiger charge is 2.27. The van der Waals surface area contributed by atoms with Crippen LogP contribution in [0, 0.1) is 5.92 Å². The molecule has 2 atom stereocenters. The van der Waals surface area contributed by atoms with Crippen molar-refractivity contribution < 1.29 is 0 Å². The molecule has 0 amide bonds. The second-order valence-electron chi connectivity index (χ2n) is 6.57. The summed E-state index contributed by atoms with van der Waals surface area (Å²) in [5.41, 5.74) is 1.19. The van der Waals surface area contributed by atoms with Crippen molar-refractivity contribution in [2.45, 2.75) is 58.7 Å². The van der Waals surface area contributed by atoms with Gasteiger partial charge in [-0.05, 0) is 30.4 Å². The number of hydrogen-bond donors (Lipinski definition) is 1. The highest BCUT2D eigenvalue weighted by Crippen LogP contribution is 2.22. The fourth-order valence-corrected chi connectivity index (χ4v) is 3.40. The Hall–Kier alpha value is -0.640. The van der Waals surface area contributed by atoms with Gasteiger partial charge in [-0.15, -0.1) is 0 Å². The molecule has 0 bridgehead atoms. The number of pyridine rings is 1. The zero-order valence-electron chi connectivity index (χ0n) is 13.5. The van der Waals surface area contributed by atoms with Gasteiger partial charge in [-0.3, -0.25) is 9.88 Å². The Kier molecular flexibility index (Phi) is 6.46. The molecule has 1 saturated heterocycles. The Morgan fingerprint density at radius 2 is 2.29 bits per heavy atom. The second-order valence-corrected chi connectivity index (χ2v) is 6.98. The lowest BCUT2D eigenvalue weighted by Crippen LogP contribution is -2.56. The molecule has 118 valence electrons. The third kappa shape index (κ3) is 4.94. The van der Waals surface area contributed by atoms with Crippen LogP contribution in [-0.2, 0) is 6.54 Å². The van der Waals surface area contributed by atoms with E-state index in [1.54, 1.807) is 6.20 Å². The van der Waals surface area contributed by atoms with E-state index in [9.17, 15) is 0 Å². The molecule has 2 unspecified atom stereocenters. The predicted molar refractivity (Wildman–Crippen MR) is 89.6 cm³/mol. The first-order valence-electron chi connectivity index (χ1n) is 8.16. The van der Waals surface area contributed by atoms with Gasteiger partial charge in [0, 0.05) is 44.1 Å². The van der Waals surface area contributed by atoms with E-state index in [1.807, 2.05) is 12.3 Å². The van der Waals surface area contributed by atoms with Gasteiger partial charge in [0.15, 0.2) is 0 Å². The molecule has 0 radical (unpaired) electrons. The SMILES string of the molecule is CCCC1CNC(CC(C)C)CN1Cc1ccncc1Cl. The first-order chi connectivity index (χ1) is 10.1. The van der Waals surface area contributed by atoms with Crippen LogP contribution in [0.15, 0.2) is 18.5 Å². The van der Waals surface area contributed by atoms with Crippen molar-refractivity contribution in [3.8, 4) is 0 Å². The minimum Gasteiger partial charge on any atom is -0.311 e. The maximum Gasteiger partial charge on any atom is 0.0634 e. The number of aromatic nitrogens is 1. The Morgan fingerprint density at radius 1 is 1.48 bits per heavy atom. The molecular weight excluding hydrogens is 282 g/mol. The Balaban J connectivity index is 2.05. The lowest BCUT2D eigenvalue weighted by molar-refractivity contribution is 0.108. The molecule has 2 rings (SSSR count). The Labute approximate surface area is 134 Å². The molecule has 2 heterocycles.